The number of ether oxygens (including phenoxy) is 1. The number of halogens is 1. The molecule has 0 radical (unpaired) electrons. The van der Waals surface area contributed by atoms with Gasteiger partial charge in [-0.15, -0.1) is 0 Å². The summed E-state index contributed by atoms with van der Waals surface area (Å²) < 4.78 is 45.4. The Labute approximate surface area is 139 Å². The van der Waals surface area contributed by atoms with Gasteiger partial charge in [-0.05, 0) is 31.7 Å². The third-order valence-corrected chi connectivity index (χ3v) is 6.04. The van der Waals surface area contributed by atoms with E-state index in [1.165, 1.54) is 4.31 Å². The van der Waals surface area contributed by atoms with E-state index in [1.807, 2.05) is 0 Å². The van der Waals surface area contributed by atoms with Gasteiger partial charge in [0.25, 0.3) is 0 Å². The number of piperidine rings is 1. The highest BCUT2D eigenvalue weighted by atomic mass is 32.2. The first-order chi connectivity index (χ1) is 11.2. The minimum atomic E-state index is -4.05. The Balaban J connectivity index is 2.44. The van der Waals surface area contributed by atoms with E-state index < -0.39 is 37.1 Å². The fourth-order valence-corrected chi connectivity index (χ4v) is 4.38. The maximum atomic E-state index is 14.0. The number of nitro benzene ring substituents is 1. The zero-order valence-corrected chi connectivity index (χ0v) is 14.3. The van der Waals surface area contributed by atoms with Crippen molar-refractivity contribution in [1.29, 1.82) is 0 Å². The van der Waals surface area contributed by atoms with Crippen LogP contribution in [0.2, 0.25) is 0 Å². The van der Waals surface area contributed by atoms with Gasteiger partial charge in [0.15, 0.2) is 5.82 Å². The van der Waals surface area contributed by atoms with Crippen LogP contribution in [-0.2, 0) is 10.0 Å². The van der Waals surface area contributed by atoms with E-state index in [0.29, 0.717) is 6.42 Å². The second-order valence-electron chi connectivity index (χ2n) is 5.84. The number of rotatable bonds is 5. The Kier molecular flexibility index (Phi) is 5.41. The Morgan fingerprint density at radius 1 is 1.50 bits per heavy atom. The van der Waals surface area contributed by atoms with E-state index in [9.17, 15) is 22.9 Å². The lowest BCUT2D eigenvalue weighted by atomic mass is 9.93. The molecule has 2 rings (SSSR count). The molecule has 10 heteroatoms. The van der Waals surface area contributed by atoms with Crippen LogP contribution in [0.1, 0.15) is 19.8 Å². The molecule has 0 bridgehead atoms. The molecule has 0 amide bonds. The van der Waals surface area contributed by atoms with Crippen molar-refractivity contribution in [3.05, 3.63) is 28.1 Å². The predicted octanol–water partition coefficient (Wildman–Crippen LogP) is 1.49. The molecule has 1 aromatic carbocycles. The lowest BCUT2D eigenvalue weighted by molar-refractivity contribution is -0.386. The van der Waals surface area contributed by atoms with Crippen LogP contribution in [0.25, 0.3) is 0 Å². The van der Waals surface area contributed by atoms with Crippen molar-refractivity contribution in [2.75, 3.05) is 20.2 Å². The van der Waals surface area contributed by atoms with Gasteiger partial charge in [-0.3, -0.25) is 10.1 Å². The van der Waals surface area contributed by atoms with Crippen LogP contribution in [0, 0.1) is 21.8 Å². The summed E-state index contributed by atoms with van der Waals surface area (Å²) in [6.45, 7) is 2.28. The summed E-state index contributed by atoms with van der Waals surface area (Å²) >= 11 is 0. The van der Waals surface area contributed by atoms with Crippen molar-refractivity contribution >= 4 is 15.7 Å². The van der Waals surface area contributed by atoms with E-state index >= 15 is 0 Å². The van der Waals surface area contributed by atoms with Gasteiger partial charge in [-0.1, -0.05) is 0 Å². The molecule has 134 valence electrons. The van der Waals surface area contributed by atoms with Gasteiger partial charge in [-0.25, -0.2) is 12.8 Å². The van der Waals surface area contributed by atoms with E-state index in [1.54, 1.807) is 6.92 Å². The molecular formula is C14H20FN3O5S. The molecule has 1 aliphatic heterocycles. The van der Waals surface area contributed by atoms with Crippen molar-refractivity contribution in [2.24, 2.45) is 11.7 Å². The highest BCUT2D eigenvalue weighted by Crippen LogP contribution is 2.34. The number of nitrogens with zero attached hydrogens (tertiary/aromatic N) is 2. The number of sulfonamides is 1. The van der Waals surface area contributed by atoms with Crippen LogP contribution in [0.5, 0.6) is 5.75 Å². The molecule has 2 atom stereocenters. The summed E-state index contributed by atoms with van der Waals surface area (Å²) in [5.41, 5.74) is 5.12. The zero-order valence-electron chi connectivity index (χ0n) is 13.4. The molecule has 24 heavy (non-hydrogen) atoms. The van der Waals surface area contributed by atoms with Gasteiger partial charge >= 0.3 is 5.69 Å². The van der Waals surface area contributed by atoms with Crippen molar-refractivity contribution in [3.63, 3.8) is 0 Å². The molecule has 0 aromatic heterocycles. The highest BCUT2D eigenvalue weighted by molar-refractivity contribution is 7.89. The third-order valence-electron chi connectivity index (χ3n) is 4.20. The summed E-state index contributed by atoms with van der Waals surface area (Å²) in [5, 5.41) is 11.1. The fraction of sp³-hybridized carbons (Fsp3) is 0.571. The Bertz CT molecular complexity index is 738. The molecule has 8 nitrogen and oxygen atoms in total. The first-order valence-corrected chi connectivity index (χ1v) is 8.90. The number of nitro groups is 1. The van der Waals surface area contributed by atoms with Crippen molar-refractivity contribution < 1.29 is 22.5 Å². The topological polar surface area (TPSA) is 116 Å². The molecule has 0 saturated carbocycles. The van der Waals surface area contributed by atoms with Crippen LogP contribution in [-0.4, -0.2) is 43.9 Å². The van der Waals surface area contributed by atoms with E-state index in [2.05, 4.69) is 4.74 Å². The monoisotopic (exact) mass is 361 g/mol. The van der Waals surface area contributed by atoms with Gasteiger partial charge < -0.3 is 10.5 Å². The van der Waals surface area contributed by atoms with Crippen LogP contribution in [0.15, 0.2) is 17.0 Å². The molecule has 2 unspecified atom stereocenters. The Hall–Kier alpha value is -1.78. The van der Waals surface area contributed by atoms with Gasteiger partial charge in [0.2, 0.25) is 15.8 Å². The lowest BCUT2D eigenvalue weighted by Gasteiger charge is -2.33. The quantitative estimate of drug-likeness (QED) is 0.627. The predicted molar refractivity (Wildman–Crippen MR) is 84.7 cm³/mol. The van der Waals surface area contributed by atoms with Crippen LogP contribution in [0.3, 0.4) is 0 Å². The van der Waals surface area contributed by atoms with Crippen molar-refractivity contribution in [2.45, 2.75) is 30.7 Å². The number of hydrogen-bond acceptors (Lipinski definition) is 6. The molecular weight excluding hydrogens is 341 g/mol. The largest absolute Gasteiger partial charge is 0.488 e. The molecule has 2 N–H and O–H groups in total. The lowest BCUT2D eigenvalue weighted by Crippen LogP contribution is -2.44. The van der Waals surface area contributed by atoms with Gasteiger partial charge in [-0.2, -0.15) is 4.31 Å². The van der Waals surface area contributed by atoms with E-state index in [4.69, 9.17) is 5.73 Å². The first-order valence-electron chi connectivity index (χ1n) is 7.46. The second-order valence-corrected chi connectivity index (χ2v) is 7.78. The summed E-state index contributed by atoms with van der Waals surface area (Å²) in [6, 6.07) is 1.40. The number of hydrogen-bond donors (Lipinski definition) is 1. The highest BCUT2D eigenvalue weighted by Gasteiger charge is 2.34. The summed E-state index contributed by atoms with van der Waals surface area (Å²) in [6.07, 6.45) is 1.44. The summed E-state index contributed by atoms with van der Waals surface area (Å²) in [7, 11) is -2.97. The summed E-state index contributed by atoms with van der Waals surface area (Å²) in [5.74, 6) is -1.69. The molecule has 0 aliphatic carbocycles. The Morgan fingerprint density at radius 3 is 2.71 bits per heavy atom. The molecule has 1 aliphatic rings. The maximum Gasteiger partial charge on any atom is 0.315 e. The van der Waals surface area contributed by atoms with Crippen LogP contribution >= 0.6 is 0 Å². The number of nitrogens with two attached hydrogens (primary N) is 1. The number of benzene rings is 1. The Morgan fingerprint density at radius 2 is 2.17 bits per heavy atom. The van der Waals surface area contributed by atoms with E-state index in [-0.39, 0.29) is 25.0 Å². The minimum Gasteiger partial charge on any atom is -0.488 e. The maximum absolute atomic E-state index is 14.0. The number of methoxy groups -OCH3 is 1. The fourth-order valence-electron chi connectivity index (χ4n) is 2.81. The van der Waals surface area contributed by atoms with Gasteiger partial charge in [0, 0.05) is 25.2 Å². The van der Waals surface area contributed by atoms with Gasteiger partial charge in [0.1, 0.15) is 0 Å². The average molecular weight is 361 g/mol. The van der Waals surface area contributed by atoms with Gasteiger partial charge in [0.05, 0.1) is 16.9 Å². The second kappa shape index (κ2) is 6.99. The smallest absolute Gasteiger partial charge is 0.315 e. The minimum absolute atomic E-state index is 0.00777. The molecule has 1 saturated heterocycles. The van der Waals surface area contributed by atoms with Crippen molar-refractivity contribution in [3.8, 4) is 5.75 Å². The SMILES string of the molecule is COc1c(F)cc(S(=O)(=O)N2CCCC(C(C)N)C2)cc1[N+](=O)[O-]. The van der Waals surface area contributed by atoms with Crippen LogP contribution in [0.4, 0.5) is 10.1 Å². The van der Waals surface area contributed by atoms with Crippen molar-refractivity contribution in [1.82, 2.24) is 4.31 Å². The normalized spacial score (nSPS) is 20.6. The molecule has 0 spiro atoms. The average Bonchev–Trinajstić information content (AvgIpc) is 2.53. The zero-order chi connectivity index (χ0) is 18.1. The molecule has 1 fully saturated rings. The molecule has 1 heterocycles. The molecule has 1 aromatic rings. The van der Waals surface area contributed by atoms with E-state index in [0.717, 1.165) is 25.7 Å². The first kappa shape index (κ1) is 18.6. The summed E-state index contributed by atoms with van der Waals surface area (Å²) in [4.78, 5) is 9.73. The standard InChI is InChI=1S/C14H20FN3O5S/c1-9(16)10-4-3-5-17(8-10)24(21,22)11-6-12(15)14(23-2)13(7-11)18(19)20/h6-7,9-10H,3-5,8,16H2,1-2H3. The third kappa shape index (κ3) is 3.50. The van der Waals surface area contributed by atoms with Crippen LogP contribution < -0.4 is 10.5 Å².